The Morgan fingerprint density at radius 1 is 1.40 bits per heavy atom. The lowest BCUT2D eigenvalue weighted by Gasteiger charge is -2.24. The maximum absolute atomic E-state index is 12.5. The number of H-pyrrole nitrogens is 1. The van der Waals surface area contributed by atoms with Crippen molar-refractivity contribution in [3.8, 4) is 0 Å². The second kappa shape index (κ2) is 5.08. The minimum Gasteiger partial charge on any atom is -0.399 e. The maximum Gasteiger partial charge on any atom is 0.243 e. The number of fused-ring (bicyclic) bond motifs is 1. The van der Waals surface area contributed by atoms with Crippen molar-refractivity contribution < 1.29 is 13.2 Å². The van der Waals surface area contributed by atoms with Gasteiger partial charge in [0.15, 0.2) is 0 Å². The van der Waals surface area contributed by atoms with Crippen molar-refractivity contribution in [2.75, 3.05) is 19.5 Å². The number of nitrogens with one attached hydrogen (secondary N) is 2. The van der Waals surface area contributed by atoms with Gasteiger partial charge in [-0.15, -0.1) is 0 Å². The molecule has 0 spiro atoms. The monoisotopic (exact) mass is 297 g/mol. The van der Waals surface area contributed by atoms with E-state index in [9.17, 15) is 8.42 Å². The molecular weight excluding hydrogens is 278 g/mol. The normalized spacial score (nSPS) is 12.9. The number of rotatable bonds is 5. The molecule has 1 heterocycles. The Balaban J connectivity index is 2.44. The van der Waals surface area contributed by atoms with Gasteiger partial charge in [0.25, 0.3) is 0 Å². The van der Waals surface area contributed by atoms with Crippen LogP contribution in [0, 0.1) is 0 Å². The van der Waals surface area contributed by atoms with Gasteiger partial charge in [-0.1, -0.05) is 0 Å². The molecule has 7 heteroatoms. The van der Waals surface area contributed by atoms with E-state index in [1.54, 1.807) is 32.0 Å². The molecule has 2 rings (SSSR count). The Morgan fingerprint density at radius 3 is 2.75 bits per heavy atom. The van der Waals surface area contributed by atoms with E-state index in [2.05, 4.69) is 9.71 Å². The summed E-state index contributed by atoms with van der Waals surface area (Å²) in [5, 5.41) is 0.575. The molecular formula is C13H19N3O3S. The van der Waals surface area contributed by atoms with E-state index in [0.717, 1.165) is 5.52 Å². The smallest absolute Gasteiger partial charge is 0.243 e. The lowest BCUT2D eigenvalue weighted by Crippen LogP contribution is -2.46. The number of nitrogens with two attached hydrogens (primary N) is 1. The third-order valence-corrected chi connectivity index (χ3v) is 4.61. The summed E-state index contributed by atoms with van der Waals surface area (Å²) in [4.78, 5) is 3.12. The highest BCUT2D eigenvalue weighted by Crippen LogP contribution is 2.25. The zero-order valence-electron chi connectivity index (χ0n) is 11.7. The Morgan fingerprint density at radius 2 is 2.10 bits per heavy atom. The first kappa shape index (κ1) is 14.8. The second-order valence-corrected chi connectivity index (χ2v) is 7.03. The highest BCUT2D eigenvalue weighted by atomic mass is 32.2. The van der Waals surface area contributed by atoms with E-state index in [1.807, 2.05) is 0 Å². The van der Waals surface area contributed by atoms with Crippen LogP contribution >= 0.6 is 0 Å². The van der Waals surface area contributed by atoms with Gasteiger partial charge in [-0.05, 0) is 32.0 Å². The zero-order chi connectivity index (χ0) is 15.0. The molecule has 0 atom stereocenters. The number of aromatic nitrogens is 1. The predicted molar refractivity (Wildman–Crippen MR) is 79.0 cm³/mol. The quantitative estimate of drug-likeness (QED) is 0.728. The number of aromatic amines is 1. The summed E-state index contributed by atoms with van der Waals surface area (Å²) in [6.07, 6.45) is 1.47. The molecule has 6 nitrogen and oxygen atoms in total. The Bertz CT molecular complexity index is 720. The zero-order valence-corrected chi connectivity index (χ0v) is 12.5. The van der Waals surface area contributed by atoms with Crippen molar-refractivity contribution in [1.29, 1.82) is 0 Å². The number of anilines is 1. The van der Waals surface area contributed by atoms with E-state index < -0.39 is 15.6 Å². The molecule has 110 valence electrons. The summed E-state index contributed by atoms with van der Waals surface area (Å²) in [6, 6.07) is 5.12. The van der Waals surface area contributed by atoms with Crippen LogP contribution in [0.5, 0.6) is 0 Å². The molecule has 0 radical (unpaired) electrons. The number of sulfonamides is 1. The van der Waals surface area contributed by atoms with Crippen LogP contribution in [-0.4, -0.2) is 32.7 Å². The molecule has 0 unspecified atom stereocenters. The number of hydrogen-bond donors (Lipinski definition) is 3. The fourth-order valence-corrected chi connectivity index (χ4v) is 3.71. The van der Waals surface area contributed by atoms with Gasteiger partial charge in [0.1, 0.15) is 4.90 Å². The topological polar surface area (TPSA) is 97.2 Å². The fraction of sp³-hybridized carbons (Fsp3) is 0.385. The summed E-state index contributed by atoms with van der Waals surface area (Å²) < 4.78 is 32.6. The largest absolute Gasteiger partial charge is 0.399 e. The molecule has 20 heavy (non-hydrogen) atoms. The van der Waals surface area contributed by atoms with Gasteiger partial charge < -0.3 is 15.5 Å². The highest BCUT2D eigenvalue weighted by Gasteiger charge is 2.28. The molecule has 4 N–H and O–H groups in total. The summed E-state index contributed by atoms with van der Waals surface area (Å²) in [7, 11) is -2.13. The van der Waals surface area contributed by atoms with E-state index >= 15 is 0 Å². The first-order valence-electron chi connectivity index (χ1n) is 6.15. The molecule has 0 saturated heterocycles. The predicted octanol–water partition coefficient (Wildman–Crippen LogP) is 1.45. The lowest BCUT2D eigenvalue weighted by molar-refractivity contribution is 0.141. The summed E-state index contributed by atoms with van der Waals surface area (Å²) in [6.45, 7) is 3.80. The molecule has 1 aromatic carbocycles. The van der Waals surface area contributed by atoms with Crippen LogP contribution in [0.2, 0.25) is 0 Å². The molecule has 0 aliphatic heterocycles. The second-order valence-electron chi connectivity index (χ2n) is 5.38. The highest BCUT2D eigenvalue weighted by molar-refractivity contribution is 7.89. The van der Waals surface area contributed by atoms with Gasteiger partial charge in [0, 0.05) is 29.9 Å². The van der Waals surface area contributed by atoms with Crippen LogP contribution < -0.4 is 10.5 Å². The number of methoxy groups -OCH3 is 1. The van der Waals surface area contributed by atoms with Crippen LogP contribution in [0.1, 0.15) is 13.8 Å². The summed E-state index contributed by atoms with van der Waals surface area (Å²) >= 11 is 0. The van der Waals surface area contributed by atoms with Gasteiger partial charge >= 0.3 is 0 Å². The van der Waals surface area contributed by atoms with Crippen molar-refractivity contribution >= 4 is 26.6 Å². The molecule has 0 aliphatic rings. The number of hydrogen-bond acceptors (Lipinski definition) is 4. The molecule has 2 aromatic rings. The van der Waals surface area contributed by atoms with Crippen LogP contribution in [0.15, 0.2) is 29.3 Å². The van der Waals surface area contributed by atoms with E-state index in [1.165, 1.54) is 13.3 Å². The molecule has 0 saturated carbocycles. The molecule has 0 bridgehead atoms. The van der Waals surface area contributed by atoms with Gasteiger partial charge in [-0.3, -0.25) is 0 Å². The third-order valence-electron chi connectivity index (χ3n) is 2.87. The van der Waals surface area contributed by atoms with E-state index in [0.29, 0.717) is 11.1 Å². The number of ether oxygens (including phenoxy) is 1. The van der Waals surface area contributed by atoms with Gasteiger partial charge in [-0.2, -0.15) is 0 Å². The van der Waals surface area contributed by atoms with Gasteiger partial charge in [0.05, 0.1) is 12.1 Å². The van der Waals surface area contributed by atoms with Gasteiger partial charge in [-0.25, -0.2) is 13.1 Å². The first-order chi connectivity index (χ1) is 9.25. The maximum atomic E-state index is 12.5. The Labute approximate surface area is 118 Å². The van der Waals surface area contributed by atoms with Crippen molar-refractivity contribution in [1.82, 2.24) is 9.71 Å². The van der Waals surface area contributed by atoms with Crippen molar-refractivity contribution in [3.05, 3.63) is 24.4 Å². The van der Waals surface area contributed by atoms with Crippen LogP contribution in [0.25, 0.3) is 10.9 Å². The van der Waals surface area contributed by atoms with Crippen LogP contribution in [0.4, 0.5) is 5.69 Å². The Hall–Kier alpha value is -1.57. The van der Waals surface area contributed by atoms with Crippen LogP contribution in [-0.2, 0) is 14.8 Å². The summed E-state index contributed by atoms with van der Waals surface area (Å²) in [5.74, 6) is 0. The summed E-state index contributed by atoms with van der Waals surface area (Å²) in [5.41, 5.74) is 6.27. The molecule has 0 fully saturated rings. The fourth-order valence-electron chi connectivity index (χ4n) is 2.14. The van der Waals surface area contributed by atoms with Gasteiger partial charge in [0.2, 0.25) is 10.0 Å². The minimum atomic E-state index is -3.66. The molecule has 0 amide bonds. The molecule has 1 aromatic heterocycles. The van der Waals surface area contributed by atoms with Crippen molar-refractivity contribution in [2.45, 2.75) is 24.3 Å². The van der Waals surface area contributed by atoms with Crippen molar-refractivity contribution in [3.63, 3.8) is 0 Å². The third kappa shape index (κ3) is 2.95. The van der Waals surface area contributed by atoms with E-state index in [4.69, 9.17) is 10.5 Å². The standard InChI is InChI=1S/C13H19N3O3S/c1-13(2,8-19-3)16-20(17,18)12-7-15-11-5-4-9(14)6-10(11)12/h4-7,15-16H,8,14H2,1-3H3. The van der Waals surface area contributed by atoms with E-state index in [-0.39, 0.29) is 11.5 Å². The van der Waals surface area contributed by atoms with Crippen LogP contribution in [0.3, 0.4) is 0 Å². The average Bonchev–Trinajstić information content (AvgIpc) is 2.70. The SMILES string of the molecule is COCC(C)(C)NS(=O)(=O)c1c[nH]c2ccc(N)cc12. The number of benzene rings is 1. The lowest BCUT2D eigenvalue weighted by atomic mass is 10.1. The Kier molecular flexibility index (Phi) is 3.77. The minimum absolute atomic E-state index is 0.184. The molecule has 0 aliphatic carbocycles. The van der Waals surface area contributed by atoms with Crippen molar-refractivity contribution in [2.24, 2.45) is 0 Å². The average molecular weight is 297 g/mol. The number of nitrogen functional groups attached to an aromatic ring is 1. The first-order valence-corrected chi connectivity index (χ1v) is 7.63.